The molecule has 4 N–H and O–H groups in total. The number of fused-ring (bicyclic) bond motifs is 1. The van der Waals surface area contributed by atoms with Crippen molar-refractivity contribution in [3.63, 3.8) is 0 Å². The SMILES string of the molecule is NCCNc1cc(N2CCN(C(=O)Nc3ccc(F)cc3)CC2)c2ccc(Cl)cc2n1. The van der Waals surface area contributed by atoms with Crippen LogP contribution in [-0.4, -0.2) is 55.2 Å². The number of benzene rings is 2. The molecule has 1 aliphatic rings. The Morgan fingerprint density at radius 3 is 2.55 bits per heavy atom. The lowest BCUT2D eigenvalue weighted by molar-refractivity contribution is 0.208. The molecule has 4 rings (SSSR count). The van der Waals surface area contributed by atoms with Gasteiger partial charge in [-0.3, -0.25) is 0 Å². The molecule has 0 unspecified atom stereocenters. The first kappa shape index (κ1) is 21.1. The fourth-order valence-electron chi connectivity index (χ4n) is 3.62. The summed E-state index contributed by atoms with van der Waals surface area (Å²) in [7, 11) is 0. The second kappa shape index (κ2) is 9.36. The first-order valence-electron chi connectivity index (χ1n) is 10.1. The van der Waals surface area contributed by atoms with Crippen molar-refractivity contribution in [3.8, 4) is 0 Å². The molecule has 2 heterocycles. The van der Waals surface area contributed by atoms with Crippen LogP contribution in [0.3, 0.4) is 0 Å². The number of amides is 2. The van der Waals surface area contributed by atoms with E-state index in [0.29, 0.717) is 50.0 Å². The van der Waals surface area contributed by atoms with Gasteiger partial charge in [0.15, 0.2) is 0 Å². The minimum absolute atomic E-state index is 0.192. The van der Waals surface area contributed by atoms with E-state index in [0.717, 1.165) is 22.4 Å². The molecule has 2 aromatic carbocycles. The zero-order valence-corrected chi connectivity index (χ0v) is 17.7. The second-order valence-electron chi connectivity index (χ2n) is 7.31. The molecular weight excluding hydrogens is 419 g/mol. The molecule has 0 radical (unpaired) electrons. The standard InChI is InChI=1S/C22H24ClFN6O/c23-15-1-6-18-19(13-15)28-21(26-8-7-25)14-20(18)29-9-11-30(12-10-29)22(31)27-17-4-2-16(24)3-5-17/h1-6,13-14H,7-12,25H2,(H,26,28)(H,27,31). The van der Waals surface area contributed by atoms with E-state index in [2.05, 4.69) is 20.5 Å². The smallest absolute Gasteiger partial charge is 0.321 e. The van der Waals surface area contributed by atoms with Gasteiger partial charge in [-0.15, -0.1) is 0 Å². The van der Waals surface area contributed by atoms with Gasteiger partial charge in [-0.2, -0.15) is 0 Å². The Bertz CT molecular complexity index is 1070. The van der Waals surface area contributed by atoms with Crippen molar-refractivity contribution >= 4 is 45.7 Å². The Balaban J connectivity index is 1.48. The number of carbonyl (C=O) groups excluding carboxylic acids is 1. The maximum absolute atomic E-state index is 13.1. The monoisotopic (exact) mass is 442 g/mol. The fourth-order valence-corrected chi connectivity index (χ4v) is 3.79. The number of halogens is 2. The normalized spacial score (nSPS) is 14.0. The van der Waals surface area contributed by atoms with E-state index >= 15 is 0 Å². The van der Waals surface area contributed by atoms with Gasteiger partial charge in [0.05, 0.1) is 5.52 Å². The number of urea groups is 1. The van der Waals surface area contributed by atoms with Gasteiger partial charge in [-0.05, 0) is 42.5 Å². The topological polar surface area (TPSA) is 86.5 Å². The Hall–Kier alpha value is -3.10. The molecule has 162 valence electrons. The van der Waals surface area contributed by atoms with Gasteiger partial charge in [0.1, 0.15) is 11.6 Å². The highest BCUT2D eigenvalue weighted by Gasteiger charge is 2.23. The Kier molecular flexibility index (Phi) is 6.39. The molecule has 0 bridgehead atoms. The zero-order valence-electron chi connectivity index (χ0n) is 16.9. The minimum Gasteiger partial charge on any atom is -0.369 e. The summed E-state index contributed by atoms with van der Waals surface area (Å²) in [6, 6.07) is 13.2. The van der Waals surface area contributed by atoms with Crippen LogP contribution in [0.5, 0.6) is 0 Å². The van der Waals surface area contributed by atoms with Crippen molar-refractivity contribution in [2.45, 2.75) is 0 Å². The molecule has 1 aliphatic heterocycles. The van der Waals surface area contributed by atoms with Gasteiger partial charge in [0.2, 0.25) is 0 Å². The number of rotatable bonds is 5. The molecule has 9 heteroatoms. The average molecular weight is 443 g/mol. The second-order valence-corrected chi connectivity index (χ2v) is 7.75. The minimum atomic E-state index is -0.335. The largest absolute Gasteiger partial charge is 0.369 e. The number of hydrogen-bond donors (Lipinski definition) is 3. The first-order chi connectivity index (χ1) is 15.0. The Morgan fingerprint density at radius 2 is 1.84 bits per heavy atom. The van der Waals surface area contributed by atoms with Gasteiger partial charge in [0.25, 0.3) is 0 Å². The van der Waals surface area contributed by atoms with Crippen molar-refractivity contribution < 1.29 is 9.18 Å². The highest BCUT2D eigenvalue weighted by molar-refractivity contribution is 6.31. The Labute approximate surface area is 185 Å². The third-order valence-electron chi connectivity index (χ3n) is 5.20. The van der Waals surface area contributed by atoms with Gasteiger partial charge < -0.3 is 26.2 Å². The lowest BCUT2D eigenvalue weighted by Gasteiger charge is -2.36. The van der Waals surface area contributed by atoms with E-state index in [9.17, 15) is 9.18 Å². The average Bonchev–Trinajstić information content (AvgIpc) is 2.78. The summed E-state index contributed by atoms with van der Waals surface area (Å²) in [5.74, 6) is 0.407. The van der Waals surface area contributed by atoms with Crippen molar-refractivity contribution in [3.05, 3.63) is 59.4 Å². The summed E-state index contributed by atoms with van der Waals surface area (Å²) >= 11 is 6.18. The van der Waals surface area contributed by atoms with Gasteiger partial charge in [-0.25, -0.2) is 14.2 Å². The maximum atomic E-state index is 13.1. The molecule has 2 amide bonds. The Morgan fingerprint density at radius 1 is 1.10 bits per heavy atom. The molecular formula is C22H24ClFN6O. The summed E-state index contributed by atoms with van der Waals surface area (Å²) in [5, 5.41) is 7.69. The van der Waals surface area contributed by atoms with Crippen molar-refractivity contribution in [2.75, 3.05) is 54.8 Å². The van der Waals surface area contributed by atoms with E-state index in [1.165, 1.54) is 12.1 Å². The van der Waals surface area contributed by atoms with Crippen molar-refractivity contribution in [1.29, 1.82) is 0 Å². The molecule has 0 aliphatic carbocycles. The third kappa shape index (κ3) is 4.98. The maximum Gasteiger partial charge on any atom is 0.321 e. The fraction of sp³-hybridized carbons (Fsp3) is 0.273. The molecule has 1 fully saturated rings. The summed E-state index contributed by atoms with van der Waals surface area (Å²) in [6.07, 6.45) is 0. The summed E-state index contributed by atoms with van der Waals surface area (Å²) in [4.78, 5) is 21.2. The lowest BCUT2D eigenvalue weighted by Crippen LogP contribution is -2.50. The highest BCUT2D eigenvalue weighted by Crippen LogP contribution is 2.31. The molecule has 3 aromatic rings. The van der Waals surface area contributed by atoms with E-state index < -0.39 is 0 Å². The van der Waals surface area contributed by atoms with E-state index in [1.807, 2.05) is 24.3 Å². The van der Waals surface area contributed by atoms with Gasteiger partial charge in [0, 0.05) is 67.1 Å². The van der Waals surface area contributed by atoms with Crippen LogP contribution in [0.1, 0.15) is 0 Å². The van der Waals surface area contributed by atoms with Crippen LogP contribution in [0, 0.1) is 5.82 Å². The molecule has 31 heavy (non-hydrogen) atoms. The van der Waals surface area contributed by atoms with Crippen molar-refractivity contribution in [2.24, 2.45) is 5.73 Å². The predicted octanol–water partition coefficient (Wildman–Crippen LogP) is 3.75. The van der Waals surface area contributed by atoms with Crippen molar-refractivity contribution in [1.82, 2.24) is 9.88 Å². The van der Waals surface area contributed by atoms with Crippen LogP contribution in [0.25, 0.3) is 10.9 Å². The van der Waals surface area contributed by atoms with Crippen LogP contribution in [0.15, 0.2) is 48.5 Å². The number of pyridine rings is 1. The number of aromatic nitrogens is 1. The summed E-state index contributed by atoms with van der Waals surface area (Å²) < 4.78 is 13.1. The first-order valence-corrected chi connectivity index (χ1v) is 10.5. The van der Waals surface area contributed by atoms with Crippen LogP contribution >= 0.6 is 11.6 Å². The van der Waals surface area contributed by atoms with Crippen LogP contribution < -0.4 is 21.3 Å². The summed E-state index contributed by atoms with van der Waals surface area (Å²) in [6.45, 7) is 3.61. The predicted molar refractivity (Wildman–Crippen MR) is 124 cm³/mol. The number of nitrogens with zero attached hydrogens (tertiary/aromatic N) is 3. The molecule has 0 spiro atoms. The number of anilines is 3. The van der Waals surface area contributed by atoms with Crippen LogP contribution in [0.2, 0.25) is 5.02 Å². The summed E-state index contributed by atoms with van der Waals surface area (Å²) in [5.41, 5.74) is 8.04. The number of nitrogens with one attached hydrogen (secondary N) is 2. The van der Waals surface area contributed by atoms with E-state index in [1.54, 1.807) is 17.0 Å². The van der Waals surface area contributed by atoms with Crippen LogP contribution in [-0.2, 0) is 0 Å². The number of piperazine rings is 1. The highest BCUT2D eigenvalue weighted by atomic mass is 35.5. The zero-order chi connectivity index (χ0) is 21.8. The quantitative estimate of drug-likeness (QED) is 0.560. The molecule has 0 atom stereocenters. The number of nitrogens with two attached hydrogens (primary N) is 1. The third-order valence-corrected chi connectivity index (χ3v) is 5.44. The lowest BCUT2D eigenvalue weighted by atomic mass is 10.1. The van der Waals surface area contributed by atoms with Crippen LogP contribution in [0.4, 0.5) is 26.4 Å². The van der Waals surface area contributed by atoms with E-state index in [-0.39, 0.29) is 11.8 Å². The number of hydrogen-bond acceptors (Lipinski definition) is 5. The van der Waals surface area contributed by atoms with Gasteiger partial charge in [-0.1, -0.05) is 11.6 Å². The molecule has 0 saturated carbocycles. The molecule has 7 nitrogen and oxygen atoms in total. The molecule has 1 saturated heterocycles. The number of carbonyl (C=O) groups is 1. The molecule has 1 aromatic heterocycles. The van der Waals surface area contributed by atoms with Gasteiger partial charge >= 0.3 is 6.03 Å². The van der Waals surface area contributed by atoms with E-state index in [4.69, 9.17) is 17.3 Å².